The predicted molar refractivity (Wildman–Crippen MR) is 88.7 cm³/mol. The first kappa shape index (κ1) is 14.6. The van der Waals surface area contributed by atoms with Crippen LogP contribution in [0.25, 0.3) is 0 Å². The van der Waals surface area contributed by atoms with Crippen molar-refractivity contribution in [2.24, 2.45) is 0 Å². The molecule has 1 fully saturated rings. The van der Waals surface area contributed by atoms with Crippen LogP contribution in [0.2, 0.25) is 0 Å². The van der Waals surface area contributed by atoms with Crippen LogP contribution in [0.3, 0.4) is 0 Å². The van der Waals surface area contributed by atoms with E-state index in [4.69, 9.17) is 9.97 Å². The summed E-state index contributed by atoms with van der Waals surface area (Å²) in [6.07, 6.45) is 7.04. The van der Waals surface area contributed by atoms with Crippen LogP contribution >= 0.6 is 0 Å². The Morgan fingerprint density at radius 3 is 2.74 bits per heavy atom. The lowest BCUT2D eigenvalue weighted by molar-refractivity contribution is 0.485. The van der Waals surface area contributed by atoms with Crippen LogP contribution in [-0.2, 0) is 12.8 Å². The highest BCUT2D eigenvalue weighted by Gasteiger charge is 2.27. The molecule has 6 heteroatoms. The van der Waals surface area contributed by atoms with E-state index in [2.05, 4.69) is 27.0 Å². The van der Waals surface area contributed by atoms with Crippen LogP contribution in [0.4, 0.5) is 5.95 Å². The van der Waals surface area contributed by atoms with Crippen molar-refractivity contribution in [3.63, 3.8) is 0 Å². The largest absolute Gasteiger partial charge is 0.340 e. The number of fused-ring (bicyclic) bond motifs is 1. The van der Waals surface area contributed by atoms with Crippen LogP contribution in [0.1, 0.15) is 60.2 Å². The van der Waals surface area contributed by atoms with Gasteiger partial charge in [0, 0.05) is 30.4 Å². The highest BCUT2D eigenvalue weighted by molar-refractivity contribution is 5.39. The number of H-pyrrole nitrogens is 1. The molecule has 3 heterocycles. The Balaban J connectivity index is 1.59. The van der Waals surface area contributed by atoms with Gasteiger partial charge >= 0.3 is 0 Å². The van der Waals surface area contributed by atoms with E-state index in [0.717, 1.165) is 56.4 Å². The minimum absolute atomic E-state index is 0.369. The summed E-state index contributed by atoms with van der Waals surface area (Å²) in [7, 11) is 0. The molecule has 0 saturated carbocycles. The second-order valence-corrected chi connectivity index (χ2v) is 6.81. The number of nitrogens with one attached hydrogen (secondary N) is 1. The SMILES string of the molecule is Cc1nc(C2CCCN(c3nc(C)c4c(n3)CCCC4)C2)n[nH]1. The fourth-order valence-corrected chi connectivity index (χ4v) is 3.82. The van der Waals surface area contributed by atoms with Gasteiger partial charge < -0.3 is 4.90 Å². The third-order valence-electron chi connectivity index (χ3n) is 5.06. The maximum absolute atomic E-state index is 4.90. The molecule has 0 amide bonds. The zero-order chi connectivity index (χ0) is 15.8. The standard InChI is InChI=1S/C17H24N6/c1-11-14-7-3-4-8-15(14)20-17(18-11)23-9-5-6-13(10-23)16-19-12(2)21-22-16/h13H,3-10H2,1-2H3,(H,19,21,22). The first-order valence-corrected chi connectivity index (χ1v) is 8.71. The van der Waals surface area contributed by atoms with Gasteiger partial charge in [0.05, 0.1) is 0 Å². The van der Waals surface area contributed by atoms with Crippen molar-refractivity contribution >= 4 is 5.95 Å². The topological polar surface area (TPSA) is 70.6 Å². The Morgan fingerprint density at radius 1 is 1.04 bits per heavy atom. The monoisotopic (exact) mass is 312 g/mol. The maximum atomic E-state index is 4.90. The maximum Gasteiger partial charge on any atom is 0.225 e. The molecule has 0 spiro atoms. The molecular formula is C17H24N6. The van der Waals surface area contributed by atoms with E-state index in [9.17, 15) is 0 Å². The number of aromatic amines is 1. The van der Waals surface area contributed by atoms with Gasteiger partial charge in [0.25, 0.3) is 0 Å². The van der Waals surface area contributed by atoms with Gasteiger partial charge in [-0.1, -0.05) is 0 Å². The van der Waals surface area contributed by atoms with Crippen molar-refractivity contribution < 1.29 is 0 Å². The summed E-state index contributed by atoms with van der Waals surface area (Å²) in [6.45, 7) is 6.02. The molecule has 2 aromatic heterocycles. The Bertz CT molecular complexity index is 707. The lowest BCUT2D eigenvalue weighted by Gasteiger charge is -2.32. The lowest BCUT2D eigenvalue weighted by Crippen LogP contribution is -2.36. The van der Waals surface area contributed by atoms with Crippen LogP contribution in [0.5, 0.6) is 0 Å². The molecule has 2 aliphatic rings. The van der Waals surface area contributed by atoms with Gasteiger partial charge in [-0.05, 0) is 57.9 Å². The molecule has 1 saturated heterocycles. The van der Waals surface area contributed by atoms with Gasteiger partial charge in [0.2, 0.25) is 5.95 Å². The number of aryl methyl sites for hydroxylation is 3. The smallest absolute Gasteiger partial charge is 0.225 e. The first-order chi connectivity index (χ1) is 11.2. The Hall–Kier alpha value is -1.98. The molecule has 2 aromatic rings. The zero-order valence-corrected chi connectivity index (χ0v) is 14.0. The molecule has 0 bridgehead atoms. The Kier molecular flexibility index (Phi) is 3.75. The summed E-state index contributed by atoms with van der Waals surface area (Å²) >= 11 is 0. The van der Waals surface area contributed by atoms with Crippen molar-refractivity contribution in [3.8, 4) is 0 Å². The van der Waals surface area contributed by atoms with Gasteiger partial charge in [0.1, 0.15) is 5.82 Å². The third kappa shape index (κ3) is 2.82. The third-order valence-corrected chi connectivity index (χ3v) is 5.06. The summed E-state index contributed by atoms with van der Waals surface area (Å²) in [5.74, 6) is 3.09. The van der Waals surface area contributed by atoms with Crippen molar-refractivity contribution in [2.75, 3.05) is 18.0 Å². The number of nitrogens with zero attached hydrogens (tertiary/aromatic N) is 5. The molecule has 122 valence electrons. The normalized spacial score (nSPS) is 21.3. The quantitative estimate of drug-likeness (QED) is 0.922. The van der Waals surface area contributed by atoms with Crippen LogP contribution in [0.15, 0.2) is 0 Å². The molecule has 1 N–H and O–H groups in total. The van der Waals surface area contributed by atoms with E-state index in [1.807, 2.05) is 6.92 Å². The van der Waals surface area contributed by atoms with Crippen molar-refractivity contribution in [3.05, 3.63) is 28.6 Å². The minimum atomic E-state index is 0.369. The summed E-state index contributed by atoms with van der Waals surface area (Å²) < 4.78 is 0. The fraction of sp³-hybridized carbons (Fsp3) is 0.647. The number of rotatable bonds is 2. The highest BCUT2D eigenvalue weighted by atomic mass is 15.3. The molecule has 0 radical (unpaired) electrons. The van der Waals surface area contributed by atoms with Gasteiger partial charge in [-0.25, -0.2) is 15.0 Å². The second-order valence-electron chi connectivity index (χ2n) is 6.81. The molecule has 23 heavy (non-hydrogen) atoms. The van der Waals surface area contributed by atoms with Crippen LogP contribution in [0, 0.1) is 13.8 Å². The zero-order valence-electron chi connectivity index (χ0n) is 14.0. The van der Waals surface area contributed by atoms with Crippen molar-refractivity contribution in [1.29, 1.82) is 0 Å². The number of piperidine rings is 1. The van der Waals surface area contributed by atoms with Gasteiger partial charge in [-0.15, -0.1) is 0 Å². The Labute approximate surface area is 136 Å². The summed E-state index contributed by atoms with van der Waals surface area (Å²) in [5.41, 5.74) is 3.83. The average Bonchev–Trinajstić information content (AvgIpc) is 3.01. The first-order valence-electron chi connectivity index (χ1n) is 8.71. The van der Waals surface area contributed by atoms with Crippen molar-refractivity contribution in [1.82, 2.24) is 25.1 Å². The lowest BCUT2D eigenvalue weighted by atomic mass is 9.95. The van der Waals surface area contributed by atoms with Crippen LogP contribution < -0.4 is 4.90 Å². The summed E-state index contributed by atoms with van der Waals surface area (Å²) in [6, 6.07) is 0. The molecule has 0 aromatic carbocycles. The molecule has 1 aliphatic carbocycles. The molecular weight excluding hydrogens is 288 g/mol. The van der Waals surface area contributed by atoms with Gasteiger partial charge in [-0.3, -0.25) is 5.10 Å². The van der Waals surface area contributed by atoms with E-state index in [-0.39, 0.29) is 0 Å². The summed E-state index contributed by atoms with van der Waals surface area (Å²) in [5, 5.41) is 7.31. The van der Waals surface area contributed by atoms with E-state index in [1.54, 1.807) is 0 Å². The Morgan fingerprint density at radius 2 is 1.91 bits per heavy atom. The number of anilines is 1. The van der Waals surface area contributed by atoms with Crippen LogP contribution in [-0.4, -0.2) is 38.2 Å². The average molecular weight is 312 g/mol. The molecule has 1 aliphatic heterocycles. The number of hydrogen-bond acceptors (Lipinski definition) is 5. The second kappa shape index (κ2) is 5.91. The number of aromatic nitrogens is 5. The minimum Gasteiger partial charge on any atom is -0.340 e. The molecule has 1 atom stereocenters. The molecule has 4 rings (SSSR count). The molecule has 6 nitrogen and oxygen atoms in total. The highest BCUT2D eigenvalue weighted by Crippen LogP contribution is 2.29. The predicted octanol–water partition coefficient (Wildman–Crippen LogP) is 2.47. The number of hydrogen-bond donors (Lipinski definition) is 1. The van der Waals surface area contributed by atoms with E-state index in [1.165, 1.54) is 29.8 Å². The van der Waals surface area contributed by atoms with E-state index < -0.39 is 0 Å². The van der Waals surface area contributed by atoms with Crippen molar-refractivity contribution in [2.45, 2.75) is 58.3 Å². The van der Waals surface area contributed by atoms with Gasteiger partial charge in [-0.2, -0.15) is 5.10 Å². The fourth-order valence-electron chi connectivity index (χ4n) is 3.82. The van der Waals surface area contributed by atoms with E-state index >= 15 is 0 Å². The molecule has 1 unspecified atom stereocenters. The van der Waals surface area contributed by atoms with E-state index in [0.29, 0.717) is 5.92 Å². The van der Waals surface area contributed by atoms with Gasteiger partial charge in [0.15, 0.2) is 5.82 Å². The summed E-state index contributed by atoms with van der Waals surface area (Å²) in [4.78, 5) is 16.5.